The van der Waals surface area contributed by atoms with Gasteiger partial charge in [0.2, 0.25) is 23.6 Å². The molecular formula is C14H15ClN4O4. The van der Waals surface area contributed by atoms with Gasteiger partial charge >= 0.3 is 0 Å². The Morgan fingerprint density at radius 3 is 2.65 bits per heavy atom. The van der Waals surface area contributed by atoms with Gasteiger partial charge in [-0.3, -0.25) is 24.7 Å². The Balaban J connectivity index is 1.44. The van der Waals surface area contributed by atoms with Crippen molar-refractivity contribution < 1.29 is 19.1 Å². The first-order valence-electron chi connectivity index (χ1n) is 7.23. The monoisotopic (exact) mass is 338 g/mol. The quantitative estimate of drug-likeness (QED) is 0.777. The van der Waals surface area contributed by atoms with E-state index in [9.17, 15) is 14.4 Å². The van der Waals surface area contributed by atoms with Gasteiger partial charge in [0.1, 0.15) is 0 Å². The van der Waals surface area contributed by atoms with E-state index >= 15 is 0 Å². The molecule has 2 aliphatic heterocycles. The van der Waals surface area contributed by atoms with Crippen LogP contribution >= 0.6 is 11.6 Å². The minimum atomic E-state index is -0.545. The smallest absolute Gasteiger partial charge is 0.233 e. The highest BCUT2D eigenvalue weighted by atomic mass is 35.5. The number of carbonyl (C=O) groups excluding carboxylic acids is 3. The SMILES string of the molecule is O=C1CC(C(=O)N2CC(COc3cncc(Cl)n3)C2)CC(=O)N1. The Kier molecular flexibility index (Phi) is 4.42. The molecule has 23 heavy (non-hydrogen) atoms. The molecule has 0 aliphatic carbocycles. The van der Waals surface area contributed by atoms with Crippen LogP contribution in [-0.4, -0.2) is 52.3 Å². The fourth-order valence-electron chi connectivity index (χ4n) is 2.66. The van der Waals surface area contributed by atoms with Gasteiger partial charge in [-0.05, 0) is 0 Å². The molecule has 3 heterocycles. The van der Waals surface area contributed by atoms with Crippen LogP contribution in [0, 0.1) is 11.8 Å². The zero-order valence-electron chi connectivity index (χ0n) is 12.2. The van der Waals surface area contributed by atoms with Gasteiger partial charge in [0.05, 0.1) is 24.9 Å². The number of hydrogen-bond donors (Lipinski definition) is 1. The lowest BCUT2D eigenvalue weighted by Crippen LogP contribution is -2.55. The number of imide groups is 1. The molecule has 0 radical (unpaired) electrons. The van der Waals surface area contributed by atoms with Gasteiger partial charge < -0.3 is 9.64 Å². The van der Waals surface area contributed by atoms with Gasteiger partial charge in [0, 0.05) is 31.8 Å². The summed E-state index contributed by atoms with van der Waals surface area (Å²) in [7, 11) is 0. The summed E-state index contributed by atoms with van der Waals surface area (Å²) in [4.78, 5) is 44.4. The summed E-state index contributed by atoms with van der Waals surface area (Å²) in [6.45, 7) is 1.49. The number of carbonyl (C=O) groups is 3. The molecule has 3 rings (SSSR count). The van der Waals surface area contributed by atoms with Crippen LogP contribution in [-0.2, 0) is 14.4 Å². The second kappa shape index (κ2) is 6.49. The van der Waals surface area contributed by atoms with Crippen molar-refractivity contribution in [2.24, 2.45) is 11.8 Å². The van der Waals surface area contributed by atoms with E-state index in [0.29, 0.717) is 25.6 Å². The number of hydrogen-bond acceptors (Lipinski definition) is 6. The zero-order chi connectivity index (χ0) is 16.4. The summed E-state index contributed by atoms with van der Waals surface area (Å²) in [6.07, 6.45) is 3.03. The lowest BCUT2D eigenvalue weighted by molar-refractivity contribution is -0.149. The summed E-state index contributed by atoms with van der Waals surface area (Å²) < 4.78 is 5.48. The summed E-state index contributed by atoms with van der Waals surface area (Å²) in [5.41, 5.74) is 0. The second-order valence-electron chi connectivity index (χ2n) is 5.68. The molecule has 3 amide bonds. The lowest BCUT2D eigenvalue weighted by Gasteiger charge is -2.41. The van der Waals surface area contributed by atoms with E-state index in [2.05, 4.69) is 15.3 Å². The van der Waals surface area contributed by atoms with E-state index in [1.165, 1.54) is 12.4 Å². The summed E-state index contributed by atoms with van der Waals surface area (Å²) in [6, 6.07) is 0. The van der Waals surface area contributed by atoms with Crippen molar-refractivity contribution >= 4 is 29.3 Å². The highest BCUT2D eigenvalue weighted by molar-refractivity contribution is 6.29. The van der Waals surface area contributed by atoms with Gasteiger partial charge in [-0.25, -0.2) is 0 Å². The molecule has 122 valence electrons. The normalized spacial score (nSPS) is 19.3. The van der Waals surface area contributed by atoms with Gasteiger partial charge in [0.15, 0.2) is 5.15 Å². The van der Waals surface area contributed by atoms with Crippen LogP contribution in [0.3, 0.4) is 0 Å². The van der Waals surface area contributed by atoms with Crippen LogP contribution < -0.4 is 10.1 Å². The number of piperidine rings is 1. The molecule has 0 saturated carbocycles. The lowest BCUT2D eigenvalue weighted by atomic mass is 9.92. The van der Waals surface area contributed by atoms with Gasteiger partial charge in [-0.1, -0.05) is 11.6 Å². The molecule has 2 aliphatic rings. The number of likely N-dealkylation sites (tertiary alicyclic amines) is 1. The Labute approximate surface area is 137 Å². The summed E-state index contributed by atoms with van der Waals surface area (Å²) >= 11 is 5.72. The topological polar surface area (TPSA) is 101 Å². The number of nitrogens with zero attached hydrogens (tertiary/aromatic N) is 3. The number of aromatic nitrogens is 2. The van der Waals surface area contributed by atoms with Gasteiger partial charge in [-0.2, -0.15) is 4.98 Å². The maximum Gasteiger partial charge on any atom is 0.233 e. The molecule has 8 nitrogen and oxygen atoms in total. The third kappa shape index (κ3) is 3.76. The van der Waals surface area contributed by atoms with E-state index in [1.54, 1.807) is 4.90 Å². The van der Waals surface area contributed by atoms with Crippen LogP contribution in [0.25, 0.3) is 0 Å². The van der Waals surface area contributed by atoms with Crippen LogP contribution in [0.4, 0.5) is 0 Å². The molecule has 1 aromatic rings. The van der Waals surface area contributed by atoms with Crippen molar-refractivity contribution in [2.45, 2.75) is 12.8 Å². The minimum absolute atomic E-state index is 0.0698. The third-order valence-electron chi connectivity index (χ3n) is 3.81. The fraction of sp³-hybridized carbons (Fsp3) is 0.500. The first-order valence-corrected chi connectivity index (χ1v) is 7.61. The van der Waals surface area contributed by atoms with Crippen molar-refractivity contribution in [1.82, 2.24) is 20.2 Å². The second-order valence-corrected chi connectivity index (χ2v) is 6.06. The third-order valence-corrected chi connectivity index (χ3v) is 3.99. The first kappa shape index (κ1) is 15.7. The molecule has 1 N–H and O–H groups in total. The van der Waals surface area contributed by atoms with E-state index in [1.807, 2.05) is 0 Å². The zero-order valence-corrected chi connectivity index (χ0v) is 13.0. The Morgan fingerprint density at radius 2 is 2.00 bits per heavy atom. The van der Waals surface area contributed by atoms with Crippen LogP contribution in [0.5, 0.6) is 5.88 Å². The van der Waals surface area contributed by atoms with E-state index < -0.39 is 5.92 Å². The van der Waals surface area contributed by atoms with E-state index in [-0.39, 0.29) is 41.6 Å². The number of nitrogens with one attached hydrogen (secondary N) is 1. The van der Waals surface area contributed by atoms with Crippen molar-refractivity contribution in [1.29, 1.82) is 0 Å². The Morgan fingerprint density at radius 1 is 1.30 bits per heavy atom. The Bertz CT molecular complexity index is 631. The minimum Gasteiger partial charge on any atom is -0.476 e. The fourth-order valence-corrected chi connectivity index (χ4v) is 2.80. The molecule has 2 saturated heterocycles. The molecular weight excluding hydrogens is 324 g/mol. The maximum atomic E-state index is 12.2. The molecule has 1 aromatic heterocycles. The van der Waals surface area contributed by atoms with Crippen molar-refractivity contribution in [3.8, 4) is 5.88 Å². The maximum absolute atomic E-state index is 12.2. The molecule has 0 unspecified atom stereocenters. The van der Waals surface area contributed by atoms with Crippen LogP contribution in [0.15, 0.2) is 12.4 Å². The molecule has 0 bridgehead atoms. The van der Waals surface area contributed by atoms with E-state index in [4.69, 9.17) is 16.3 Å². The highest BCUT2D eigenvalue weighted by Crippen LogP contribution is 2.24. The highest BCUT2D eigenvalue weighted by Gasteiger charge is 2.38. The molecule has 2 fully saturated rings. The molecule has 9 heteroatoms. The van der Waals surface area contributed by atoms with Crippen molar-refractivity contribution in [2.75, 3.05) is 19.7 Å². The van der Waals surface area contributed by atoms with Gasteiger partial charge in [0.25, 0.3) is 0 Å². The molecule has 0 spiro atoms. The van der Waals surface area contributed by atoms with E-state index in [0.717, 1.165) is 0 Å². The summed E-state index contributed by atoms with van der Waals surface area (Å²) in [5, 5.41) is 2.46. The number of rotatable bonds is 4. The number of amides is 3. The van der Waals surface area contributed by atoms with Gasteiger partial charge in [-0.15, -0.1) is 0 Å². The molecule has 0 atom stereocenters. The predicted octanol–water partition coefficient (Wildman–Crippen LogP) is 0.0200. The predicted molar refractivity (Wildman–Crippen MR) is 78.5 cm³/mol. The van der Waals surface area contributed by atoms with Crippen molar-refractivity contribution in [3.05, 3.63) is 17.5 Å². The Hall–Kier alpha value is -2.22. The first-order chi connectivity index (χ1) is 11.0. The average molecular weight is 339 g/mol. The van der Waals surface area contributed by atoms with Crippen molar-refractivity contribution in [3.63, 3.8) is 0 Å². The standard InChI is InChI=1S/C14H15ClN4O4/c15-10-3-16-4-13(17-10)23-7-8-5-19(6-8)14(22)9-1-11(20)18-12(21)2-9/h3-4,8-9H,1-2,5-7H2,(H,18,20,21). The summed E-state index contributed by atoms with van der Waals surface area (Å²) in [5.74, 6) is -0.937. The largest absolute Gasteiger partial charge is 0.476 e. The molecule has 0 aromatic carbocycles. The van der Waals surface area contributed by atoms with Crippen LogP contribution in [0.1, 0.15) is 12.8 Å². The average Bonchev–Trinajstić information content (AvgIpc) is 2.44. The number of halogens is 1. The van der Waals surface area contributed by atoms with Crippen LogP contribution in [0.2, 0.25) is 5.15 Å². The number of ether oxygens (including phenoxy) is 1.